The minimum absolute atomic E-state index is 0.0958. The minimum Gasteiger partial charge on any atom is -0.459 e. The summed E-state index contributed by atoms with van der Waals surface area (Å²) in [7, 11) is 0. The smallest absolute Gasteiger partial charge is 0.325 e. The fourth-order valence-corrected chi connectivity index (χ4v) is 1.00. The Bertz CT molecular complexity index is 246. The molecule has 5 heteroatoms. The number of carbonyl (C=O) groups excluding carboxylic acids is 2. The summed E-state index contributed by atoms with van der Waals surface area (Å²) >= 11 is 0. The van der Waals surface area contributed by atoms with Crippen molar-refractivity contribution >= 4 is 11.9 Å². The highest BCUT2D eigenvalue weighted by molar-refractivity contribution is 5.79. The van der Waals surface area contributed by atoms with Gasteiger partial charge in [0, 0.05) is 13.0 Å². The van der Waals surface area contributed by atoms with E-state index in [1.807, 2.05) is 6.92 Å². The third-order valence-corrected chi connectivity index (χ3v) is 1.71. The molecule has 0 saturated heterocycles. The number of nitrogens with two attached hydrogens (primary N) is 1. The molecule has 0 fully saturated rings. The fourth-order valence-electron chi connectivity index (χ4n) is 1.00. The van der Waals surface area contributed by atoms with Crippen molar-refractivity contribution in [3.8, 4) is 0 Å². The van der Waals surface area contributed by atoms with Crippen LogP contribution in [0.3, 0.4) is 0 Å². The maximum atomic E-state index is 11.4. The van der Waals surface area contributed by atoms with Gasteiger partial charge in [0.2, 0.25) is 5.91 Å². The number of carbonyl (C=O) groups is 2. The van der Waals surface area contributed by atoms with E-state index in [1.165, 1.54) is 0 Å². The van der Waals surface area contributed by atoms with Crippen LogP contribution in [0, 0.1) is 0 Å². The van der Waals surface area contributed by atoms with Gasteiger partial charge >= 0.3 is 5.97 Å². The summed E-state index contributed by atoms with van der Waals surface area (Å²) in [6.07, 6.45) is 1.22. The van der Waals surface area contributed by atoms with Gasteiger partial charge in [-0.1, -0.05) is 6.92 Å². The monoisotopic (exact) mass is 230 g/mol. The summed E-state index contributed by atoms with van der Waals surface area (Å²) in [4.78, 5) is 22.6. The molecule has 0 rings (SSSR count). The van der Waals surface area contributed by atoms with E-state index in [0.717, 1.165) is 6.42 Å². The van der Waals surface area contributed by atoms with Crippen LogP contribution in [0.2, 0.25) is 0 Å². The Kier molecular flexibility index (Phi) is 6.03. The molecular weight excluding hydrogens is 208 g/mol. The van der Waals surface area contributed by atoms with Crippen molar-refractivity contribution in [1.82, 2.24) is 5.32 Å². The summed E-state index contributed by atoms with van der Waals surface area (Å²) in [5.74, 6) is -0.592. The Balaban J connectivity index is 3.93. The van der Waals surface area contributed by atoms with E-state index < -0.39 is 17.6 Å². The number of amides is 1. The van der Waals surface area contributed by atoms with E-state index in [-0.39, 0.29) is 12.5 Å². The molecule has 3 N–H and O–H groups in total. The predicted molar refractivity (Wildman–Crippen MR) is 61.7 cm³/mol. The molecule has 5 nitrogen and oxygen atoms in total. The SMILES string of the molecule is CCCC(=O)NCC(N)C(=O)OC(C)(C)C. The number of esters is 1. The highest BCUT2D eigenvalue weighted by Crippen LogP contribution is 2.07. The number of hydrogen-bond donors (Lipinski definition) is 2. The Morgan fingerprint density at radius 2 is 1.94 bits per heavy atom. The lowest BCUT2D eigenvalue weighted by Gasteiger charge is -2.22. The van der Waals surface area contributed by atoms with Gasteiger partial charge in [-0.3, -0.25) is 9.59 Å². The molecule has 0 spiro atoms. The molecule has 0 aromatic heterocycles. The Morgan fingerprint density at radius 1 is 1.38 bits per heavy atom. The van der Waals surface area contributed by atoms with Crippen LogP contribution < -0.4 is 11.1 Å². The first-order valence-corrected chi connectivity index (χ1v) is 5.51. The second-order valence-electron chi connectivity index (χ2n) is 4.69. The summed E-state index contributed by atoms with van der Waals surface area (Å²) in [6, 6.07) is -0.806. The van der Waals surface area contributed by atoms with E-state index in [1.54, 1.807) is 20.8 Å². The standard InChI is InChI=1S/C11H22N2O3/c1-5-6-9(14)13-7-8(12)10(15)16-11(2,3)4/h8H,5-7,12H2,1-4H3,(H,13,14). The molecule has 0 aromatic rings. The molecule has 94 valence electrons. The minimum atomic E-state index is -0.806. The molecule has 1 amide bonds. The average Bonchev–Trinajstić information content (AvgIpc) is 2.11. The van der Waals surface area contributed by atoms with Crippen LogP contribution in [0.15, 0.2) is 0 Å². The second kappa shape index (κ2) is 6.48. The predicted octanol–water partition coefficient (Wildman–Crippen LogP) is 0.572. The summed E-state index contributed by atoms with van der Waals surface area (Å²) < 4.78 is 5.08. The highest BCUT2D eigenvalue weighted by atomic mass is 16.6. The lowest BCUT2D eigenvalue weighted by molar-refractivity contribution is -0.156. The first-order valence-electron chi connectivity index (χ1n) is 5.51. The molecule has 1 atom stereocenters. The van der Waals surface area contributed by atoms with Crippen LogP contribution >= 0.6 is 0 Å². The van der Waals surface area contributed by atoms with Gasteiger partial charge in [-0.2, -0.15) is 0 Å². The lowest BCUT2D eigenvalue weighted by Crippen LogP contribution is -2.45. The van der Waals surface area contributed by atoms with Crippen LogP contribution in [0.25, 0.3) is 0 Å². The Hall–Kier alpha value is -1.10. The first-order chi connectivity index (χ1) is 7.26. The summed E-state index contributed by atoms with van der Waals surface area (Å²) in [5, 5.41) is 2.59. The zero-order chi connectivity index (χ0) is 12.8. The molecular formula is C11H22N2O3. The van der Waals surface area contributed by atoms with Gasteiger partial charge < -0.3 is 15.8 Å². The van der Waals surface area contributed by atoms with E-state index in [9.17, 15) is 9.59 Å². The van der Waals surface area contributed by atoms with Gasteiger partial charge in [-0.25, -0.2) is 0 Å². The Labute approximate surface area is 96.7 Å². The van der Waals surface area contributed by atoms with Crippen molar-refractivity contribution in [2.24, 2.45) is 5.73 Å². The normalized spacial score (nSPS) is 13.1. The largest absolute Gasteiger partial charge is 0.459 e. The molecule has 0 aliphatic carbocycles. The van der Waals surface area contributed by atoms with Crippen LogP contribution in [0.4, 0.5) is 0 Å². The Morgan fingerprint density at radius 3 is 2.38 bits per heavy atom. The zero-order valence-corrected chi connectivity index (χ0v) is 10.5. The first kappa shape index (κ1) is 14.9. The van der Waals surface area contributed by atoms with Crippen LogP contribution in [0.1, 0.15) is 40.5 Å². The molecule has 0 radical (unpaired) electrons. The molecule has 0 aliphatic rings. The average molecular weight is 230 g/mol. The number of nitrogens with one attached hydrogen (secondary N) is 1. The molecule has 0 saturated carbocycles. The summed E-state index contributed by atoms with van der Waals surface area (Å²) in [6.45, 7) is 7.34. The van der Waals surface area contributed by atoms with Crippen molar-refractivity contribution in [3.05, 3.63) is 0 Å². The van der Waals surface area contributed by atoms with Crippen molar-refractivity contribution in [1.29, 1.82) is 0 Å². The third kappa shape index (κ3) is 7.23. The summed E-state index contributed by atoms with van der Waals surface area (Å²) in [5.41, 5.74) is 5.03. The molecule has 0 heterocycles. The topological polar surface area (TPSA) is 81.4 Å². The van der Waals surface area contributed by atoms with Gasteiger partial charge in [0.1, 0.15) is 11.6 Å². The van der Waals surface area contributed by atoms with Gasteiger partial charge in [-0.15, -0.1) is 0 Å². The second-order valence-corrected chi connectivity index (χ2v) is 4.69. The van der Waals surface area contributed by atoms with Crippen molar-refractivity contribution < 1.29 is 14.3 Å². The number of rotatable bonds is 5. The van der Waals surface area contributed by atoms with Gasteiger partial charge in [0.25, 0.3) is 0 Å². The van der Waals surface area contributed by atoms with Crippen molar-refractivity contribution in [2.75, 3.05) is 6.54 Å². The zero-order valence-electron chi connectivity index (χ0n) is 10.5. The number of ether oxygens (including phenoxy) is 1. The molecule has 0 aromatic carbocycles. The molecule has 1 unspecified atom stereocenters. The lowest BCUT2D eigenvalue weighted by atomic mass is 10.2. The van der Waals surface area contributed by atoms with E-state index in [2.05, 4.69) is 5.32 Å². The van der Waals surface area contributed by atoms with E-state index >= 15 is 0 Å². The van der Waals surface area contributed by atoms with Crippen molar-refractivity contribution in [3.63, 3.8) is 0 Å². The maximum Gasteiger partial charge on any atom is 0.325 e. The van der Waals surface area contributed by atoms with Gasteiger partial charge in [0.15, 0.2) is 0 Å². The van der Waals surface area contributed by atoms with E-state index in [0.29, 0.717) is 6.42 Å². The molecule has 16 heavy (non-hydrogen) atoms. The highest BCUT2D eigenvalue weighted by Gasteiger charge is 2.22. The maximum absolute atomic E-state index is 11.4. The van der Waals surface area contributed by atoms with Gasteiger partial charge in [-0.05, 0) is 27.2 Å². The third-order valence-electron chi connectivity index (χ3n) is 1.71. The van der Waals surface area contributed by atoms with E-state index in [4.69, 9.17) is 10.5 Å². The van der Waals surface area contributed by atoms with Crippen molar-refractivity contribution in [2.45, 2.75) is 52.2 Å². The van der Waals surface area contributed by atoms with Crippen LogP contribution in [-0.4, -0.2) is 30.1 Å². The molecule has 0 aliphatic heterocycles. The quantitative estimate of drug-likeness (QED) is 0.677. The van der Waals surface area contributed by atoms with Crippen LogP contribution in [0.5, 0.6) is 0 Å². The van der Waals surface area contributed by atoms with Gasteiger partial charge in [0.05, 0.1) is 0 Å². The fraction of sp³-hybridized carbons (Fsp3) is 0.818. The number of hydrogen-bond acceptors (Lipinski definition) is 4. The molecule has 0 bridgehead atoms. The van der Waals surface area contributed by atoms with Crippen LogP contribution in [-0.2, 0) is 14.3 Å².